The van der Waals surface area contributed by atoms with E-state index in [1.807, 2.05) is 66.7 Å². The quantitative estimate of drug-likeness (QED) is 0.703. The van der Waals surface area contributed by atoms with Gasteiger partial charge < -0.3 is 5.11 Å². The second-order valence-electron chi connectivity index (χ2n) is 6.80. The van der Waals surface area contributed by atoms with Gasteiger partial charge in [-0.15, -0.1) is 0 Å². The van der Waals surface area contributed by atoms with Gasteiger partial charge >= 0.3 is 0 Å². The second-order valence-corrected chi connectivity index (χ2v) is 6.80. The third-order valence-electron chi connectivity index (χ3n) is 5.34. The summed E-state index contributed by atoms with van der Waals surface area (Å²) in [5.41, 5.74) is 2.20. The van der Waals surface area contributed by atoms with Crippen molar-refractivity contribution < 1.29 is 5.11 Å². The summed E-state index contributed by atoms with van der Waals surface area (Å²) in [6, 6.07) is 30.9. The van der Waals surface area contributed by atoms with E-state index in [2.05, 4.69) is 36.1 Å². The highest BCUT2D eigenvalue weighted by Gasteiger charge is 2.54. The molecule has 2 nitrogen and oxygen atoms in total. The van der Waals surface area contributed by atoms with Crippen LogP contribution in [0.1, 0.15) is 29.7 Å². The zero-order valence-electron chi connectivity index (χ0n) is 14.4. The van der Waals surface area contributed by atoms with Gasteiger partial charge in [-0.2, -0.15) is 0 Å². The fourth-order valence-corrected chi connectivity index (χ4v) is 3.81. The Morgan fingerprint density at radius 1 is 0.800 bits per heavy atom. The molecular weight excluding hydrogens is 306 g/mol. The lowest BCUT2D eigenvalue weighted by atomic mass is 9.83. The van der Waals surface area contributed by atoms with Crippen molar-refractivity contribution >= 4 is 0 Å². The standard InChI is InChI=1S/C23H23NO/c1-18(19-11-5-2-6-12-19)24-17-22(24)23(25,20-13-7-3-8-14-20)21-15-9-4-10-16-21/h2-16,18,22,25H,17H2,1H3/t18-,22+,24?/m1/s1. The van der Waals surface area contributed by atoms with E-state index in [1.165, 1.54) is 5.56 Å². The van der Waals surface area contributed by atoms with Crippen LogP contribution in [0.2, 0.25) is 0 Å². The number of benzene rings is 3. The summed E-state index contributed by atoms with van der Waals surface area (Å²) in [7, 11) is 0. The lowest BCUT2D eigenvalue weighted by Gasteiger charge is -2.31. The normalized spacial score (nSPS) is 20.9. The number of rotatable bonds is 5. The molecule has 3 aromatic carbocycles. The molecule has 3 atom stereocenters. The van der Waals surface area contributed by atoms with Crippen LogP contribution >= 0.6 is 0 Å². The summed E-state index contributed by atoms with van der Waals surface area (Å²) >= 11 is 0. The molecule has 0 amide bonds. The van der Waals surface area contributed by atoms with Crippen LogP contribution in [0.5, 0.6) is 0 Å². The first kappa shape index (κ1) is 16.1. The highest BCUT2D eigenvalue weighted by atomic mass is 16.3. The zero-order chi connectivity index (χ0) is 17.3. The van der Waals surface area contributed by atoms with Crippen molar-refractivity contribution in [2.24, 2.45) is 0 Å². The van der Waals surface area contributed by atoms with E-state index >= 15 is 0 Å². The fourth-order valence-electron chi connectivity index (χ4n) is 3.81. The molecule has 1 heterocycles. The summed E-state index contributed by atoms with van der Waals surface area (Å²) in [6.45, 7) is 3.10. The molecule has 0 radical (unpaired) electrons. The van der Waals surface area contributed by atoms with E-state index in [0.29, 0.717) is 0 Å². The van der Waals surface area contributed by atoms with Crippen LogP contribution in [0.4, 0.5) is 0 Å². The first-order valence-corrected chi connectivity index (χ1v) is 8.85. The average molecular weight is 329 g/mol. The van der Waals surface area contributed by atoms with Crippen molar-refractivity contribution in [1.29, 1.82) is 0 Å². The Morgan fingerprint density at radius 2 is 1.24 bits per heavy atom. The van der Waals surface area contributed by atoms with Gasteiger partial charge in [0.1, 0.15) is 5.60 Å². The first-order valence-electron chi connectivity index (χ1n) is 8.85. The molecule has 25 heavy (non-hydrogen) atoms. The van der Waals surface area contributed by atoms with Crippen LogP contribution < -0.4 is 0 Å². The molecule has 0 aromatic heterocycles. The van der Waals surface area contributed by atoms with Crippen LogP contribution in [-0.4, -0.2) is 22.6 Å². The Bertz CT molecular complexity index is 777. The maximum Gasteiger partial charge on any atom is 0.131 e. The van der Waals surface area contributed by atoms with Gasteiger partial charge in [-0.05, 0) is 23.6 Å². The van der Waals surface area contributed by atoms with Crippen molar-refractivity contribution in [2.45, 2.75) is 24.6 Å². The van der Waals surface area contributed by atoms with Gasteiger partial charge in [0.15, 0.2) is 0 Å². The van der Waals surface area contributed by atoms with Crippen molar-refractivity contribution in [3.63, 3.8) is 0 Å². The fraction of sp³-hybridized carbons (Fsp3) is 0.217. The summed E-state index contributed by atoms with van der Waals surface area (Å²) in [6.07, 6.45) is 0. The number of nitrogens with zero attached hydrogens (tertiary/aromatic N) is 1. The molecule has 1 N–H and O–H groups in total. The summed E-state index contributed by atoms with van der Waals surface area (Å²) in [5.74, 6) is 0. The van der Waals surface area contributed by atoms with Gasteiger partial charge in [0.2, 0.25) is 0 Å². The monoisotopic (exact) mass is 329 g/mol. The third kappa shape index (κ3) is 2.88. The molecule has 2 heteroatoms. The molecule has 0 spiro atoms. The molecule has 1 saturated heterocycles. The highest BCUT2D eigenvalue weighted by molar-refractivity contribution is 5.41. The maximum atomic E-state index is 11.8. The van der Waals surface area contributed by atoms with E-state index in [4.69, 9.17) is 0 Å². The SMILES string of the molecule is C[C@H](c1ccccc1)N1C[C@H]1C(O)(c1ccccc1)c1ccccc1. The second kappa shape index (κ2) is 6.47. The number of hydrogen-bond acceptors (Lipinski definition) is 2. The molecule has 4 rings (SSSR count). The van der Waals surface area contributed by atoms with Crippen molar-refractivity contribution in [3.05, 3.63) is 108 Å². The average Bonchev–Trinajstić information content (AvgIpc) is 3.50. The van der Waals surface area contributed by atoms with Gasteiger partial charge in [-0.3, -0.25) is 4.90 Å². The van der Waals surface area contributed by atoms with Crippen molar-refractivity contribution in [2.75, 3.05) is 6.54 Å². The van der Waals surface area contributed by atoms with Crippen molar-refractivity contribution in [1.82, 2.24) is 4.90 Å². The molecule has 3 aromatic rings. The summed E-state index contributed by atoms with van der Waals surface area (Å²) < 4.78 is 0. The highest BCUT2D eigenvalue weighted by Crippen LogP contribution is 2.46. The van der Waals surface area contributed by atoms with Gasteiger partial charge in [-0.25, -0.2) is 0 Å². The Labute approximate surface area is 149 Å². The maximum absolute atomic E-state index is 11.8. The molecule has 1 fully saturated rings. The van der Waals surface area contributed by atoms with E-state index < -0.39 is 5.60 Å². The Morgan fingerprint density at radius 3 is 1.72 bits per heavy atom. The Kier molecular flexibility index (Phi) is 4.16. The van der Waals surface area contributed by atoms with Gasteiger partial charge in [0, 0.05) is 12.6 Å². The molecule has 126 valence electrons. The minimum Gasteiger partial charge on any atom is -0.379 e. The smallest absolute Gasteiger partial charge is 0.131 e. The van der Waals surface area contributed by atoms with Crippen LogP contribution in [0.3, 0.4) is 0 Å². The predicted molar refractivity (Wildman–Crippen MR) is 101 cm³/mol. The largest absolute Gasteiger partial charge is 0.379 e. The third-order valence-corrected chi connectivity index (χ3v) is 5.34. The van der Waals surface area contributed by atoms with Crippen molar-refractivity contribution in [3.8, 4) is 0 Å². The molecule has 0 saturated carbocycles. The van der Waals surface area contributed by atoms with Crippen LogP contribution in [0, 0.1) is 0 Å². The number of hydrogen-bond donors (Lipinski definition) is 1. The molecular formula is C23H23NO. The van der Waals surface area contributed by atoms with E-state index in [-0.39, 0.29) is 12.1 Å². The van der Waals surface area contributed by atoms with E-state index in [0.717, 1.165) is 17.7 Å². The molecule has 1 aliphatic heterocycles. The molecule has 1 unspecified atom stereocenters. The Balaban J connectivity index is 1.69. The topological polar surface area (TPSA) is 23.2 Å². The lowest BCUT2D eigenvalue weighted by Crippen LogP contribution is -2.36. The Hall–Kier alpha value is -2.42. The van der Waals surface area contributed by atoms with Crippen LogP contribution in [0.15, 0.2) is 91.0 Å². The summed E-state index contributed by atoms with van der Waals surface area (Å²) in [4.78, 5) is 2.37. The minimum atomic E-state index is -0.994. The first-order chi connectivity index (χ1) is 12.2. The zero-order valence-corrected chi connectivity index (χ0v) is 14.4. The predicted octanol–water partition coefficient (Wildman–Crippen LogP) is 4.37. The van der Waals surface area contributed by atoms with Gasteiger partial charge in [0.05, 0.1) is 6.04 Å². The van der Waals surface area contributed by atoms with Crippen LogP contribution in [0.25, 0.3) is 0 Å². The summed E-state index contributed by atoms with van der Waals surface area (Å²) in [5, 5.41) is 11.8. The lowest BCUT2D eigenvalue weighted by molar-refractivity contribution is 0.0602. The van der Waals surface area contributed by atoms with Gasteiger partial charge in [-0.1, -0.05) is 91.0 Å². The number of aliphatic hydroxyl groups is 1. The molecule has 0 bridgehead atoms. The molecule has 0 aliphatic carbocycles. The minimum absolute atomic E-state index is 0.0764. The van der Waals surface area contributed by atoms with Gasteiger partial charge in [0.25, 0.3) is 0 Å². The van der Waals surface area contributed by atoms with E-state index in [9.17, 15) is 5.11 Å². The van der Waals surface area contributed by atoms with Crippen LogP contribution in [-0.2, 0) is 5.60 Å². The van der Waals surface area contributed by atoms with E-state index in [1.54, 1.807) is 0 Å². The molecule has 1 aliphatic rings.